The van der Waals surface area contributed by atoms with Crippen LogP contribution in [0.25, 0.3) is 11.3 Å². The number of aromatic nitrogens is 2. The molecule has 1 aromatic heterocycles. The van der Waals surface area contributed by atoms with Crippen molar-refractivity contribution >= 4 is 29.4 Å². The Kier molecular flexibility index (Phi) is 7.12. The molecule has 6 heteroatoms. The second-order valence-corrected chi connectivity index (χ2v) is 8.26. The summed E-state index contributed by atoms with van der Waals surface area (Å²) in [5, 5.41) is 3.55. The average Bonchev–Trinajstić information content (AvgIpc) is 2.73. The van der Waals surface area contributed by atoms with Crippen molar-refractivity contribution in [1.29, 1.82) is 0 Å². The first-order valence-corrected chi connectivity index (χ1v) is 11.2. The molecule has 144 valence electrons. The molecule has 0 spiro atoms. The van der Waals surface area contributed by atoms with Crippen LogP contribution in [0.15, 0.2) is 64.8 Å². The lowest BCUT2D eigenvalue weighted by Crippen LogP contribution is -2.24. The predicted octanol–water partition coefficient (Wildman–Crippen LogP) is 4.89. The third-order valence-electron chi connectivity index (χ3n) is 4.42. The zero-order valence-corrected chi connectivity index (χ0v) is 17.9. The molecule has 3 rings (SSSR count). The zero-order chi connectivity index (χ0) is 19.9. The van der Waals surface area contributed by atoms with Gasteiger partial charge in [0.2, 0.25) is 5.91 Å². The molecule has 0 bridgehead atoms. The molecule has 0 unspecified atom stereocenters. The summed E-state index contributed by atoms with van der Waals surface area (Å²) in [5.41, 5.74) is 5.51. The zero-order valence-electron chi connectivity index (χ0n) is 16.2. The summed E-state index contributed by atoms with van der Waals surface area (Å²) in [5.74, 6) is 0.262. The monoisotopic (exact) mass is 409 g/mol. The Bertz CT molecular complexity index is 958. The Morgan fingerprint density at radius 1 is 1.04 bits per heavy atom. The quantitative estimate of drug-likeness (QED) is 0.445. The van der Waals surface area contributed by atoms with E-state index in [0.29, 0.717) is 17.5 Å². The van der Waals surface area contributed by atoms with Gasteiger partial charge in [-0.25, -0.2) is 9.97 Å². The van der Waals surface area contributed by atoms with E-state index in [1.165, 1.54) is 27.8 Å². The molecule has 1 heterocycles. The van der Waals surface area contributed by atoms with Gasteiger partial charge in [-0.15, -0.1) is 11.8 Å². The lowest BCUT2D eigenvalue weighted by Gasteiger charge is -2.07. The highest BCUT2D eigenvalue weighted by molar-refractivity contribution is 7.99. The van der Waals surface area contributed by atoms with Crippen molar-refractivity contribution in [3.8, 4) is 11.3 Å². The van der Waals surface area contributed by atoms with Crippen LogP contribution in [-0.4, -0.2) is 27.9 Å². The van der Waals surface area contributed by atoms with E-state index < -0.39 is 0 Å². The minimum absolute atomic E-state index is 0.0286. The minimum Gasteiger partial charge on any atom is -0.351 e. The Morgan fingerprint density at radius 3 is 2.54 bits per heavy atom. The number of amides is 1. The molecule has 0 aliphatic heterocycles. The number of nitrogens with one attached hydrogen (secondary N) is 1. The number of rotatable bonds is 7. The van der Waals surface area contributed by atoms with E-state index in [2.05, 4.69) is 59.5 Å². The van der Waals surface area contributed by atoms with E-state index in [4.69, 9.17) is 0 Å². The largest absolute Gasteiger partial charge is 0.351 e. The molecule has 0 aliphatic carbocycles. The fourth-order valence-corrected chi connectivity index (χ4v) is 3.67. The molecule has 0 saturated heterocycles. The summed E-state index contributed by atoms with van der Waals surface area (Å²) in [4.78, 5) is 22.2. The van der Waals surface area contributed by atoms with Crippen LogP contribution in [0.5, 0.6) is 0 Å². The van der Waals surface area contributed by atoms with Crippen molar-refractivity contribution in [2.75, 3.05) is 12.0 Å². The second kappa shape index (κ2) is 9.75. The molecular weight excluding hydrogens is 386 g/mol. The molecular formula is C22H23N3OS2. The molecule has 2 aromatic carbocycles. The summed E-state index contributed by atoms with van der Waals surface area (Å²) >= 11 is 3.05. The molecule has 4 nitrogen and oxygen atoms in total. The van der Waals surface area contributed by atoms with E-state index >= 15 is 0 Å². The first kappa shape index (κ1) is 20.4. The van der Waals surface area contributed by atoms with E-state index in [1.54, 1.807) is 18.0 Å². The Labute approximate surface area is 174 Å². The highest BCUT2D eigenvalue weighted by atomic mass is 32.2. The normalized spacial score (nSPS) is 10.7. The summed E-state index contributed by atoms with van der Waals surface area (Å²) in [6.07, 6.45) is 3.79. The molecule has 3 aromatic rings. The second-order valence-electron chi connectivity index (χ2n) is 6.44. The maximum atomic E-state index is 12.2. The molecule has 0 fully saturated rings. The Balaban J connectivity index is 1.55. The van der Waals surface area contributed by atoms with E-state index in [-0.39, 0.29) is 5.91 Å². The van der Waals surface area contributed by atoms with Gasteiger partial charge in [-0.3, -0.25) is 4.79 Å². The van der Waals surface area contributed by atoms with Crippen LogP contribution in [0.1, 0.15) is 16.7 Å². The van der Waals surface area contributed by atoms with Crippen molar-refractivity contribution < 1.29 is 4.79 Å². The number of carbonyl (C=O) groups is 1. The van der Waals surface area contributed by atoms with Gasteiger partial charge in [-0.1, -0.05) is 36.0 Å². The highest BCUT2D eigenvalue weighted by Crippen LogP contribution is 2.22. The van der Waals surface area contributed by atoms with Crippen LogP contribution < -0.4 is 5.32 Å². The van der Waals surface area contributed by atoms with Crippen LogP contribution in [-0.2, 0) is 11.3 Å². The molecule has 1 amide bonds. The third-order valence-corrected chi connectivity index (χ3v) is 6.02. The van der Waals surface area contributed by atoms with Gasteiger partial charge in [0, 0.05) is 23.2 Å². The number of aryl methyl sites for hydroxylation is 2. The molecule has 0 saturated carbocycles. The number of hydrogen-bond donors (Lipinski definition) is 1. The summed E-state index contributed by atoms with van der Waals surface area (Å²) < 4.78 is 0. The molecule has 1 N–H and O–H groups in total. The Morgan fingerprint density at radius 2 is 1.82 bits per heavy atom. The Hall–Kier alpha value is -2.31. The molecule has 0 aliphatic rings. The van der Waals surface area contributed by atoms with Gasteiger partial charge in [0.05, 0.1) is 11.4 Å². The summed E-state index contributed by atoms with van der Waals surface area (Å²) in [7, 11) is 0. The predicted molar refractivity (Wildman–Crippen MR) is 118 cm³/mol. The van der Waals surface area contributed by atoms with Crippen molar-refractivity contribution in [2.45, 2.75) is 30.4 Å². The number of carbonyl (C=O) groups excluding carboxylic acids is 1. The van der Waals surface area contributed by atoms with Gasteiger partial charge in [0.25, 0.3) is 0 Å². The highest BCUT2D eigenvalue weighted by Gasteiger charge is 2.08. The first-order chi connectivity index (χ1) is 13.5. The number of hydrogen-bond acceptors (Lipinski definition) is 5. The van der Waals surface area contributed by atoms with E-state index in [9.17, 15) is 4.79 Å². The van der Waals surface area contributed by atoms with Crippen LogP contribution in [0.3, 0.4) is 0 Å². The van der Waals surface area contributed by atoms with Crippen molar-refractivity contribution in [1.82, 2.24) is 15.3 Å². The number of benzene rings is 2. The van der Waals surface area contributed by atoms with Crippen LogP contribution in [0.4, 0.5) is 0 Å². The van der Waals surface area contributed by atoms with E-state index in [0.717, 1.165) is 16.8 Å². The van der Waals surface area contributed by atoms with Crippen LogP contribution in [0.2, 0.25) is 0 Å². The molecule has 0 atom stereocenters. The van der Waals surface area contributed by atoms with E-state index in [1.807, 2.05) is 24.5 Å². The van der Waals surface area contributed by atoms with Gasteiger partial charge in [0.1, 0.15) is 0 Å². The summed E-state index contributed by atoms with van der Waals surface area (Å²) in [6.45, 7) is 4.71. The number of nitrogens with zero attached hydrogens (tertiary/aromatic N) is 2. The fraction of sp³-hybridized carbons (Fsp3) is 0.227. The van der Waals surface area contributed by atoms with Gasteiger partial charge in [0.15, 0.2) is 5.16 Å². The minimum atomic E-state index is -0.0286. The molecule has 28 heavy (non-hydrogen) atoms. The molecule has 0 radical (unpaired) electrons. The maximum absolute atomic E-state index is 12.2. The van der Waals surface area contributed by atoms with Gasteiger partial charge in [-0.2, -0.15) is 0 Å². The fourth-order valence-electron chi connectivity index (χ4n) is 2.60. The van der Waals surface area contributed by atoms with Gasteiger partial charge < -0.3 is 5.32 Å². The third kappa shape index (κ3) is 5.59. The van der Waals surface area contributed by atoms with Crippen molar-refractivity contribution in [2.24, 2.45) is 0 Å². The first-order valence-electron chi connectivity index (χ1n) is 8.98. The van der Waals surface area contributed by atoms with Gasteiger partial charge in [-0.05, 0) is 61.1 Å². The standard InChI is InChI=1S/C22H23N3OS2/c1-15-4-7-18(12-16(15)2)20-10-11-23-22(25-20)28-14-21(26)24-13-17-5-8-19(27-3)9-6-17/h4-12H,13-14H2,1-3H3,(H,24,26). The summed E-state index contributed by atoms with van der Waals surface area (Å²) in [6, 6.07) is 16.4. The van der Waals surface area contributed by atoms with Crippen molar-refractivity contribution in [3.63, 3.8) is 0 Å². The topological polar surface area (TPSA) is 54.9 Å². The lowest BCUT2D eigenvalue weighted by atomic mass is 10.0. The SMILES string of the molecule is CSc1ccc(CNC(=O)CSc2nccc(-c3ccc(C)c(C)c3)n2)cc1. The van der Waals surface area contributed by atoms with Crippen LogP contribution >= 0.6 is 23.5 Å². The lowest BCUT2D eigenvalue weighted by molar-refractivity contribution is -0.118. The van der Waals surface area contributed by atoms with Crippen LogP contribution in [0, 0.1) is 13.8 Å². The average molecular weight is 410 g/mol. The smallest absolute Gasteiger partial charge is 0.230 e. The maximum Gasteiger partial charge on any atom is 0.230 e. The number of thioether (sulfide) groups is 2. The van der Waals surface area contributed by atoms with Gasteiger partial charge >= 0.3 is 0 Å². The van der Waals surface area contributed by atoms with Crippen molar-refractivity contribution in [3.05, 3.63) is 71.4 Å².